The third-order valence-electron chi connectivity index (χ3n) is 2.61. The summed E-state index contributed by atoms with van der Waals surface area (Å²) in [5.74, 6) is -1.01. The summed E-state index contributed by atoms with van der Waals surface area (Å²) in [5, 5.41) is 12.3. The molecule has 1 atom stereocenters. The predicted molar refractivity (Wildman–Crippen MR) is 74.7 cm³/mol. The molecule has 1 N–H and O–H groups in total. The Bertz CT molecular complexity index is 601. The molecule has 1 heterocycles. The molecule has 1 amide bonds. The lowest BCUT2D eigenvalue weighted by molar-refractivity contribution is -0.118. The molecule has 1 aromatic heterocycles. The summed E-state index contributed by atoms with van der Waals surface area (Å²) >= 11 is 1.40. The van der Waals surface area contributed by atoms with Crippen LogP contribution in [0.1, 0.15) is 10.4 Å². The molecule has 0 bridgehead atoms. The zero-order valence-electron chi connectivity index (χ0n) is 10.5. The average molecular weight is 271 g/mol. The van der Waals surface area contributed by atoms with Gasteiger partial charge in [0.25, 0.3) is 0 Å². The summed E-state index contributed by atoms with van der Waals surface area (Å²) in [7, 11) is 0. The van der Waals surface area contributed by atoms with Gasteiger partial charge in [-0.25, -0.2) is 4.98 Å². The topological polar surface area (TPSA) is 65.8 Å². The van der Waals surface area contributed by atoms with Gasteiger partial charge in [0, 0.05) is 11.1 Å². The van der Waals surface area contributed by atoms with Crippen molar-refractivity contribution in [2.75, 3.05) is 5.32 Å². The van der Waals surface area contributed by atoms with E-state index in [1.54, 1.807) is 6.20 Å². The Morgan fingerprint density at radius 1 is 1.47 bits per heavy atom. The normalized spacial score (nSPS) is 11.6. The van der Waals surface area contributed by atoms with Gasteiger partial charge in [-0.15, -0.1) is 11.3 Å². The van der Waals surface area contributed by atoms with Gasteiger partial charge in [-0.05, 0) is 18.9 Å². The summed E-state index contributed by atoms with van der Waals surface area (Å²) in [5.41, 5.74) is 0.972. The Morgan fingerprint density at radius 2 is 2.21 bits per heavy atom. The fraction of sp³-hybridized carbons (Fsp3) is 0.214. The Balaban J connectivity index is 2.02. The SMILES string of the molecule is Cc1cnc(NC(=O)C(C#N)Cc2ccccc2)s1. The van der Waals surface area contributed by atoms with Crippen molar-refractivity contribution < 1.29 is 4.79 Å². The van der Waals surface area contributed by atoms with Crippen molar-refractivity contribution in [3.8, 4) is 6.07 Å². The zero-order valence-corrected chi connectivity index (χ0v) is 11.3. The van der Waals surface area contributed by atoms with E-state index < -0.39 is 5.92 Å². The maximum Gasteiger partial charge on any atom is 0.243 e. The van der Waals surface area contributed by atoms with Gasteiger partial charge in [0.15, 0.2) is 5.13 Å². The second kappa shape index (κ2) is 6.12. The number of nitrogens with zero attached hydrogens (tertiary/aromatic N) is 2. The number of anilines is 1. The molecule has 0 radical (unpaired) electrons. The molecule has 4 nitrogen and oxygen atoms in total. The van der Waals surface area contributed by atoms with Crippen LogP contribution in [0.4, 0.5) is 5.13 Å². The summed E-state index contributed by atoms with van der Waals surface area (Å²) in [6, 6.07) is 11.6. The highest BCUT2D eigenvalue weighted by Gasteiger charge is 2.19. The molecule has 5 heteroatoms. The minimum Gasteiger partial charge on any atom is -0.301 e. The van der Waals surface area contributed by atoms with E-state index in [0.29, 0.717) is 11.6 Å². The van der Waals surface area contributed by atoms with Gasteiger partial charge in [0.1, 0.15) is 5.92 Å². The molecule has 1 aromatic carbocycles. The van der Waals surface area contributed by atoms with E-state index in [-0.39, 0.29) is 5.91 Å². The van der Waals surface area contributed by atoms with E-state index in [0.717, 1.165) is 10.4 Å². The standard InChI is InChI=1S/C14H13N3OS/c1-10-9-16-14(19-10)17-13(18)12(8-15)7-11-5-3-2-4-6-11/h2-6,9,12H,7H2,1H3,(H,16,17,18). The van der Waals surface area contributed by atoms with Crippen LogP contribution in [0.15, 0.2) is 36.5 Å². The second-order valence-electron chi connectivity index (χ2n) is 4.14. The van der Waals surface area contributed by atoms with Crippen molar-refractivity contribution >= 4 is 22.4 Å². The number of rotatable bonds is 4. The Morgan fingerprint density at radius 3 is 2.79 bits per heavy atom. The Kier molecular flexibility index (Phi) is 4.26. The number of amides is 1. The maximum atomic E-state index is 12.0. The number of thiazole rings is 1. The number of hydrogen-bond acceptors (Lipinski definition) is 4. The summed E-state index contributed by atoms with van der Waals surface area (Å²) in [6.45, 7) is 1.92. The number of carbonyl (C=O) groups excluding carboxylic acids is 1. The third kappa shape index (κ3) is 3.63. The number of nitriles is 1. The maximum absolute atomic E-state index is 12.0. The summed E-state index contributed by atoms with van der Waals surface area (Å²) in [6.07, 6.45) is 2.10. The van der Waals surface area contributed by atoms with Crippen molar-refractivity contribution in [1.82, 2.24) is 4.98 Å². The van der Waals surface area contributed by atoms with Crippen molar-refractivity contribution in [3.63, 3.8) is 0 Å². The highest BCUT2D eigenvalue weighted by Crippen LogP contribution is 2.18. The number of carbonyl (C=O) groups is 1. The molecule has 2 rings (SSSR count). The Hall–Kier alpha value is -2.19. The molecule has 0 aliphatic rings. The van der Waals surface area contributed by atoms with Crippen LogP contribution >= 0.6 is 11.3 Å². The minimum atomic E-state index is -0.702. The minimum absolute atomic E-state index is 0.305. The number of aromatic nitrogens is 1. The smallest absolute Gasteiger partial charge is 0.243 e. The second-order valence-corrected chi connectivity index (χ2v) is 5.37. The van der Waals surface area contributed by atoms with Gasteiger partial charge in [-0.2, -0.15) is 5.26 Å². The van der Waals surface area contributed by atoms with E-state index in [2.05, 4.69) is 10.3 Å². The van der Waals surface area contributed by atoms with Crippen LogP contribution in [-0.2, 0) is 11.2 Å². The van der Waals surface area contributed by atoms with Crippen LogP contribution in [0.3, 0.4) is 0 Å². The molecule has 0 saturated heterocycles. The van der Waals surface area contributed by atoms with E-state index in [1.807, 2.05) is 43.3 Å². The van der Waals surface area contributed by atoms with Crippen LogP contribution in [0.2, 0.25) is 0 Å². The quantitative estimate of drug-likeness (QED) is 0.929. The number of hydrogen-bond donors (Lipinski definition) is 1. The lowest BCUT2D eigenvalue weighted by atomic mass is 10.00. The van der Waals surface area contributed by atoms with Crippen LogP contribution in [0.5, 0.6) is 0 Å². The largest absolute Gasteiger partial charge is 0.301 e. The van der Waals surface area contributed by atoms with Crippen molar-refractivity contribution in [1.29, 1.82) is 5.26 Å². The summed E-state index contributed by atoms with van der Waals surface area (Å²) in [4.78, 5) is 17.1. The third-order valence-corrected chi connectivity index (χ3v) is 3.43. The molecular formula is C14H13N3OS. The van der Waals surface area contributed by atoms with E-state index in [9.17, 15) is 4.79 Å². The average Bonchev–Trinajstić information content (AvgIpc) is 2.82. The van der Waals surface area contributed by atoms with Gasteiger partial charge in [-0.1, -0.05) is 30.3 Å². The van der Waals surface area contributed by atoms with Crippen molar-refractivity contribution in [2.45, 2.75) is 13.3 Å². The summed E-state index contributed by atoms with van der Waals surface area (Å²) < 4.78 is 0. The molecule has 1 unspecified atom stereocenters. The molecule has 0 spiro atoms. The lowest BCUT2D eigenvalue weighted by Gasteiger charge is -2.08. The molecule has 96 valence electrons. The fourth-order valence-electron chi connectivity index (χ4n) is 1.65. The highest BCUT2D eigenvalue weighted by atomic mass is 32.1. The van der Waals surface area contributed by atoms with Crippen LogP contribution < -0.4 is 5.32 Å². The van der Waals surface area contributed by atoms with E-state index in [1.165, 1.54) is 11.3 Å². The van der Waals surface area contributed by atoms with E-state index in [4.69, 9.17) is 5.26 Å². The van der Waals surface area contributed by atoms with Gasteiger partial charge in [0.2, 0.25) is 5.91 Å². The zero-order chi connectivity index (χ0) is 13.7. The molecule has 0 saturated carbocycles. The molecular weight excluding hydrogens is 258 g/mol. The first-order chi connectivity index (χ1) is 9.19. The lowest BCUT2D eigenvalue weighted by Crippen LogP contribution is -2.23. The first-order valence-electron chi connectivity index (χ1n) is 5.86. The van der Waals surface area contributed by atoms with Gasteiger partial charge in [-0.3, -0.25) is 4.79 Å². The van der Waals surface area contributed by atoms with E-state index >= 15 is 0 Å². The monoisotopic (exact) mass is 271 g/mol. The molecule has 0 aliphatic carbocycles. The van der Waals surface area contributed by atoms with Crippen LogP contribution in [0, 0.1) is 24.2 Å². The molecule has 2 aromatic rings. The number of aryl methyl sites for hydroxylation is 1. The first kappa shape index (κ1) is 13.2. The number of nitrogens with one attached hydrogen (secondary N) is 1. The number of benzene rings is 1. The van der Waals surface area contributed by atoms with Gasteiger partial charge < -0.3 is 5.32 Å². The van der Waals surface area contributed by atoms with Crippen LogP contribution in [-0.4, -0.2) is 10.9 Å². The molecule has 0 fully saturated rings. The fourth-order valence-corrected chi connectivity index (χ4v) is 2.32. The Labute approximate surface area is 115 Å². The van der Waals surface area contributed by atoms with Crippen LogP contribution in [0.25, 0.3) is 0 Å². The van der Waals surface area contributed by atoms with Crippen molar-refractivity contribution in [3.05, 3.63) is 47.0 Å². The molecule has 19 heavy (non-hydrogen) atoms. The predicted octanol–water partition coefficient (Wildman–Crippen LogP) is 2.77. The first-order valence-corrected chi connectivity index (χ1v) is 6.67. The van der Waals surface area contributed by atoms with Gasteiger partial charge in [0.05, 0.1) is 6.07 Å². The highest BCUT2D eigenvalue weighted by molar-refractivity contribution is 7.15. The van der Waals surface area contributed by atoms with Gasteiger partial charge >= 0.3 is 0 Å². The molecule has 0 aliphatic heterocycles. The van der Waals surface area contributed by atoms with Crippen molar-refractivity contribution in [2.24, 2.45) is 5.92 Å².